The molecule has 1 nitrogen and oxygen atoms in total. The first-order chi connectivity index (χ1) is 10.2. The van der Waals surface area contributed by atoms with Gasteiger partial charge in [-0.3, -0.25) is 0 Å². The Hall–Kier alpha value is -2.13. The minimum atomic E-state index is -0.267. The molecule has 3 rings (SSSR count). The highest BCUT2D eigenvalue weighted by Crippen LogP contribution is 2.27. The molecule has 0 amide bonds. The Bertz CT molecular complexity index is 739. The van der Waals surface area contributed by atoms with Gasteiger partial charge in [0, 0.05) is 0 Å². The summed E-state index contributed by atoms with van der Waals surface area (Å²) >= 11 is 3.16. The normalized spacial score (nSPS) is 10.4. The van der Waals surface area contributed by atoms with Crippen LogP contribution < -0.4 is 4.74 Å². The second kappa shape index (κ2) is 6.10. The summed E-state index contributed by atoms with van der Waals surface area (Å²) < 4.78 is 19.8. The summed E-state index contributed by atoms with van der Waals surface area (Å²) in [5.41, 5.74) is 1.78. The largest absolute Gasteiger partial charge is 0.457 e. The molecule has 0 saturated carbocycles. The Morgan fingerprint density at radius 2 is 1.33 bits per heavy atom. The van der Waals surface area contributed by atoms with Crippen LogP contribution >= 0.6 is 15.9 Å². The van der Waals surface area contributed by atoms with Crippen LogP contribution in [-0.4, -0.2) is 0 Å². The highest BCUT2D eigenvalue weighted by atomic mass is 79.9. The SMILES string of the molecule is Fc1cc(-c2ccc(Oc3ccccc3)cc2)ccc1Br. The molecule has 3 aromatic rings. The highest BCUT2D eigenvalue weighted by molar-refractivity contribution is 9.10. The number of benzene rings is 3. The van der Waals surface area contributed by atoms with E-state index in [1.165, 1.54) is 6.07 Å². The third kappa shape index (κ3) is 3.31. The summed E-state index contributed by atoms with van der Waals surface area (Å²) in [6, 6.07) is 22.3. The van der Waals surface area contributed by atoms with E-state index in [4.69, 9.17) is 4.74 Å². The predicted molar refractivity (Wildman–Crippen MR) is 86.1 cm³/mol. The Kier molecular flexibility index (Phi) is 4.02. The molecular weight excluding hydrogens is 331 g/mol. The van der Waals surface area contributed by atoms with Gasteiger partial charge in [-0.05, 0) is 63.5 Å². The van der Waals surface area contributed by atoms with E-state index in [2.05, 4.69) is 15.9 Å². The van der Waals surface area contributed by atoms with Gasteiger partial charge in [-0.2, -0.15) is 0 Å². The molecule has 0 saturated heterocycles. The minimum Gasteiger partial charge on any atom is -0.457 e. The van der Waals surface area contributed by atoms with Crippen molar-refractivity contribution in [1.29, 1.82) is 0 Å². The van der Waals surface area contributed by atoms with Crippen molar-refractivity contribution in [2.45, 2.75) is 0 Å². The molecule has 0 radical (unpaired) electrons. The first-order valence-electron chi connectivity index (χ1n) is 6.51. The first-order valence-corrected chi connectivity index (χ1v) is 7.30. The van der Waals surface area contributed by atoms with Crippen molar-refractivity contribution in [2.24, 2.45) is 0 Å². The maximum atomic E-state index is 13.6. The second-order valence-corrected chi connectivity index (χ2v) is 5.42. The van der Waals surface area contributed by atoms with Gasteiger partial charge < -0.3 is 4.74 Å². The number of hydrogen-bond donors (Lipinski definition) is 0. The molecule has 3 aromatic carbocycles. The van der Waals surface area contributed by atoms with Crippen LogP contribution in [0.3, 0.4) is 0 Å². The van der Waals surface area contributed by atoms with Gasteiger partial charge in [-0.15, -0.1) is 0 Å². The van der Waals surface area contributed by atoms with E-state index in [9.17, 15) is 4.39 Å². The number of ether oxygens (including phenoxy) is 1. The first kappa shape index (κ1) is 13.8. The van der Waals surface area contributed by atoms with E-state index >= 15 is 0 Å². The zero-order chi connectivity index (χ0) is 14.7. The van der Waals surface area contributed by atoms with Crippen molar-refractivity contribution in [3.63, 3.8) is 0 Å². The molecular formula is C18H12BrFO. The number of rotatable bonds is 3. The molecule has 0 atom stereocenters. The van der Waals surface area contributed by atoms with E-state index < -0.39 is 0 Å². The number of hydrogen-bond acceptors (Lipinski definition) is 1. The lowest BCUT2D eigenvalue weighted by Gasteiger charge is -2.07. The highest BCUT2D eigenvalue weighted by Gasteiger charge is 2.04. The van der Waals surface area contributed by atoms with Crippen LogP contribution in [-0.2, 0) is 0 Å². The van der Waals surface area contributed by atoms with Gasteiger partial charge in [-0.25, -0.2) is 4.39 Å². The molecule has 104 valence electrons. The van der Waals surface area contributed by atoms with E-state index in [1.807, 2.05) is 60.7 Å². The molecule has 21 heavy (non-hydrogen) atoms. The van der Waals surface area contributed by atoms with Crippen molar-refractivity contribution in [3.05, 3.63) is 83.1 Å². The average molecular weight is 343 g/mol. The van der Waals surface area contributed by atoms with Gasteiger partial charge in [-0.1, -0.05) is 36.4 Å². The average Bonchev–Trinajstić information content (AvgIpc) is 2.52. The second-order valence-electron chi connectivity index (χ2n) is 4.57. The molecule has 0 aromatic heterocycles. The van der Waals surface area contributed by atoms with E-state index in [-0.39, 0.29) is 5.82 Å². The smallest absolute Gasteiger partial charge is 0.137 e. The van der Waals surface area contributed by atoms with Crippen LogP contribution in [0, 0.1) is 5.82 Å². The standard InChI is InChI=1S/C18H12BrFO/c19-17-11-8-14(12-18(17)20)13-6-9-16(10-7-13)21-15-4-2-1-3-5-15/h1-12H. The Morgan fingerprint density at radius 3 is 2.00 bits per heavy atom. The monoisotopic (exact) mass is 342 g/mol. The van der Waals surface area contributed by atoms with Crippen LogP contribution in [0.25, 0.3) is 11.1 Å². The van der Waals surface area contributed by atoms with Crippen molar-refractivity contribution in [3.8, 4) is 22.6 Å². The number of halogens is 2. The van der Waals surface area contributed by atoms with Crippen molar-refractivity contribution in [2.75, 3.05) is 0 Å². The molecule has 0 fully saturated rings. The molecule has 0 aliphatic heterocycles. The van der Waals surface area contributed by atoms with E-state index in [0.29, 0.717) is 4.47 Å². The zero-order valence-corrected chi connectivity index (χ0v) is 12.7. The number of para-hydroxylation sites is 1. The molecule has 0 heterocycles. The van der Waals surface area contributed by atoms with Gasteiger partial charge in [0.1, 0.15) is 17.3 Å². The summed E-state index contributed by atoms with van der Waals surface area (Å²) in [7, 11) is 0. The van der Waals surface area contributed by atoms with Gasteiger partial charge in [0.25, 0.3) is 0 Å². The van der Waals surface area contributed by atoms with Gasteiger partial charge in [0.15, 0.2) is 0 Å². The fourth-order valence-corrected chi connectivity index (χ4v) is 2.26. The molecule has 0 spiro atoms. The lowest BCUT2D eigenvalue weighted by Crippen LogP contribution is -1.85. The van der Waals surface area contributed by atoms with E-state index in [1.54, 1.807) is 6.07 Å². The maximum Gasteiger partial charge on any atom is 0.137 e. The summed E-state index contributed by atoms with van der Waals surface area (Å²) in [6.45, 7) is 0. The lowest BCUT2D eigenvalue weighted by molar-refractivity contribution is 0.483. The lowest BCUT2D eigenvalue weighted by atomic mass is 10.1. The third-order valence-corrected chi connectivity index (χ3v) is 3.73. The maximum absolute atomic E-state index is 13.6. The molecule has 0 aliphatic rings. The van der Waals surface area contributed by atoms with Crippen molar-refractivity contribution in [1.82, 2.24) is 0 Å². The van der Waals surface area contributed by atoms with Crippen LogP contribution in [0.15, 0.2) is 77.3 Å². The van der Waals surface area contributed by atoms with Crippen molar-refractivity contribution < 1.29 is 9.13 Å². The van der Waals surface area contributed by atoms with Crippen LogP contribution in [0.2, 0.25) is 0 Å². The fraction of sp³-hybridized carbons (Fsp3) is 0. The quantitative estimate of drug-likeness (QED) is 0.563. The van der Waals surface area contributed by atoms with Crippen LogP contribution in [0.4, 0.5) is 4.39 Å². The topological polar surface area (TPSA) is 9.23 Å². The third-order valence-electron chi connectivity index (χ3n) is 3.09. The fourth-order valence-electron chi connectivity index (χ4n) is 2.02. The molecule has 0 N–H and O–H groups in total. The van der Waals surface area contributed by atoms with Gasteiger partial charge >= 0.3 is 0 Å². The molecule has 3 heteroatoms. The summed E-state index contributed by atoms with van der Waals surface area (Å²) in [5.74, 6) is 1.28. The molecule has 0 aliphatic carbocycles. The van der Waals surface area contributed by atoms with Gasteiger partial charge in [0.05, 0.1) is 4.47 Å². The summed E-state index contributed by atoms with van der Waals surface area (Å²) in [5, 5.41) is 0. The van der Waals surface area contributed by atoms with Gasteiger partial charge in [0.2, 0.25) is 0 Å². The Morgan fingerprint density at radius 1 is 0.714 bits per heavy atom. The minimum absolute atomic E-state index is 0.267. The summed E-state index contributed by atoms with van der Waals surface area (Å²) in [4.78, 5) is 0. The predicted octanol–water partition coefficient (Wildman–Crippen LogP) is 6.05. The van der Waals surface area contributed by atoms with Crippen molar-refractivity contribution >= 4 is 15.9 Å². The van der Waals surface area contributed by atoms with E-state index in [0.717, 1.165) is 22.6 Å². The van der Waals surface area contributed by atoms with Crippen LogP contribution in [0.5, 0.6) is 11.5 Å². The Labute approximate surface area is 131 Å². The zero-order valence-electron chi connectivity index (χ0n) is 11.1. The molecule has 0 bridgehead atoms. The van der Waals surface area contributed by atoms with Crippen LogP contribution in [0.1, 0.15) is 0 Å². The Balaban J connectivity index is 1.82. The molecule has 0 unspecified atom stereocenters. The summed E-state index contributed by atoms with van der Waals surface area (Å²) in [6.07, 6.45) is 0.